The predicted octanol–water partition coefficient (Wildman–Crippen LogP) is 6.38. The molecule has 1 atom stereocenters. The summed E-state index contributed by atoms with van der Waals surface area (Å²) < 4.78 is 0. The maximum Gasteiger partial charge on any atom is 3.00 e. The van der Waals surface area contributed by atoms with E-state index in [1.165, 1.54) is 38.5 Å². The van der Waals surface area contributed by atoms with E-state index in [0.29, 0.717) is 17.8 Å². The molecular weight excluding hydrogens is 338 g/mol. The molecule has 1 saturated carbocycles. The van der Waals surface area contributed by atoms with Gasteiger partial charge in [0, 0.05) is 0 Å². The number of nitrogens with zero attached hydrogens (tertiary/aromatic N) is 1. The van der Waals surface area contributed by atoms with Crippen LogP contribution in [0.1, 0.15) is 66.2 Å². The van der Waals surface area contributed by atoms with Crippen LogP contribution in [0.25, 0.3) is 0 Å². The van der Waals surface area contributed by atoms with Crippen molar-refractivity contribution in [3.8, 4) is 0 Å². The summed E-state index contributed by atoms with van der Waals surface area (Å²) in [6.07, 6.45) is 12.2. The van der Waals surface area contributed by atoms with E-state index in [-0.39, 0.29) is 36.6 Å². The molecule has 1 nitrogen and oxygen atoms in total. The van der Waals surface area contributed by atoms with Gasteiger partial charge in [-0.25, -0.2) is 17.2 Å². The van der Waals surface area contributed by atoms with E-state index in [4.69, 9.17) is 0 Å². The van der Waals surface area contributed by atoms with E-state index in [9.17, 15) is 0 Å². The number of rotatable bonds is 6. The van der Waals surface area contributed by atoms with Crippen molar-refractivity contribution >= 4 is 0 Å². The second-order valence-electron chi connectivity index (χ2n) is 8.28. The molecule has 2 rings (SSSR count). The molecule has 1 unspecified atom stereocenters. The first-order valence-electron chi connectivity index (χ1n) is 9.43. The maximum absolute atomic E-state index is 3.94. The van der Waals surface area contributed by atoms with Crippen molar-refractivity contribution in [3.05, 3.63) is 37.6 Å². The number of hydrogen-bond donors (Lipinski definition) is 0. The first kappa shape index (κ1) is 27.4. The van der Waals surface area contributed by atoms with Gasteiger partial charge in [0.25, 0.3) is 0 Å². The van der Waals surface area contributed by atoms with Crippen LogP contribution in [0.4, 0.5) is 0 Å². The minimum absolute atomic E-state index is 0. The smallest absolute Gasteiger partial charge is 0.358 e. The fraction of sp³-hybridized carbons (Fsp3) is 0.739. The zero-order chi connectivity index (χ0) is 16.3. The van der Waals surface area contributed by atoms with Gasteiger partial charge in [0.15, 0.2) is 0 Å². The van der Waals surface area contributed by atoms with Crippen LogP contribution in [-0.2, 0) is 21.7 Å². The van der Waals surface area contributed by atoms with Crippen LogP contribution in [0.3, 0.4) is 0 Å². The van der Waals surface area contributed by atoms with Gasteiger partial charge in [0.1, 0.15) is 0 Å². The Kier molecular flexibility index (Phi) is 13.7. The average Bonchev–Trinajstić information content (AvgIpc) is 2.85. The van der Waals surface area contributed by atoms with Crippen LogP contribution in [-0.4, -0.2) is 25.5 Å². The fourth-order valence-corrected chi connectivity index (χ4v) is 4.35. The summed E-state index contributed by atoms with van der Waals surface area (Å²) in [6.45, 7) is 10.7. The third-order valence-electron chi connectivity index (χ3n) is 5.45. The molecule has 0 aromatic rings. The number of allylic oxidation sites excluding steroid dienone is 3. The Morgan fingerprint density at radius 3 is 2.00 bits per heavy atom. The minimum Gasteiger partial charge on any atom is -0.358 e. The molecule has 25 heavy (non-hydrogen) atoms. The molecule has 143 valence electrons. The van der Waals surface area contributed by atoms with Gasteiger partial charge in [-0.3, -0.25) is 0 Å². The van der Waals surface area contributed by atoms with Gasteiger partial charge in [-0.1, -0.05) is 71.1 Å². The Morgan fingerprint density at radius 1 is 1.00 bits per heavy atom. The van der Waals surface area contributed by atoms with E-state index in [1.54, 1.807) is 16.7 Å². The largest absolute Gasteiger partial charge is 3.00 e. The van der Waals surface area contributed by atoms with Crippen molar-refractivity contribution in [2.75, 3.05) is 20.6 Å². The SMILES string of the molecule is CC(C)C1=C(CCN(C)C)C(C(C)C)C(C2CCCCC2)=[C-]1.[CH3-].[CH3-].[Ti+3]. The molecule has 0 saturated heterocycles. The van der Waals surface area contributed by atoms with E-state index in [2.05, 4.69) is 52.8 Å². The summed E-state index contributed by atoms with van der Waals surface area (Å²) in [5.41, 5.74) is 4.92. The molecular formula is C23H42NTi. The molecule has 2 heteroatoms. The molecule has 2 aliphatic rings. The van der Waals surface area contributed by atoms with Crippen molar-refractivity contribution in [1.82, 2.24) is 4.90 Å². The van der Waals surface area contributed by atoms with E-state index >= 15 is 0 Å². The van der Waals surface area contributed by atoms with Crippen LogP contribution in [0, 0.1) is 44.6 Å². The van der Waals surface area contributed by atoms with Gasteiger partial charge in [-0.05, 0) is 39.4 Å². The van der Waals surface area contributed by atoms with Crippen molar-refractivity contribution in [2.45, 2.75) is 66.2 Å². The monoisotopic (exact) mass is 380 g/mol. The van der Waals surface area contributed by atoms with Gasteiger partial charge in [-0.15, -0.1) is 0 Å². The van der Waals surface area contributed by atoms with Gasteiger partial charge >= 0.3 is 21.7 Å². The van der Waals surface area contributed by atoms with Crippen LogP contribution >= 0.6 is 0 Å². The molecule has 0 heterocycles. The van der Waals surface area contributed by atoms with E-state index in [1.807, 2.05) is 0 Å². The number of hydrogen-bond acceptors (Lipinski definition) is 1. The second kappa shape index (κ2) is 12.5. The Bertz CT molecular complexity index is 425. The molecule has 0 amide bonds. The molecule has 0 bridgehead atoms. The molecule has 1 radical (unpaired) electrons. The Morgan fingerprint density at radius 2 is 1.56 bits per heavy atom. The topological polar surface area (TPSA) is 3.24 Å². The minimum atomic E-state index is 0. The Balaban J connectivity index is 0. The Labute approximate surface area is 174 Å². The van der Waals surface area contributed by atoms with Crippen LogP contribution in [0.15, 0.2) is 16.7 Å². The molecule has 0 aliphatic heterocycles. The van der Waals surface area contributed by atoms with Crippen molar-refractivity contribution < 1.29 is 21.7 Å². The molecule has 2 aliphatic carbocycles. The van der Waals surface area contributed by atoms with Crippen LogP contribution < -0.4 is 0 Å². The first-order chi connectivity index (χ1) is 10.4. The normalized spacial score (nSPS) is 21.2. The third-order valence-corrected chi connectivity index (χ3v) is 5.45. The summed E-state index contributed by atoms with van der Waals surface area (Å²) in [4.78, 5) is 2.32. The molecule has 0 N–H and O–H groups in total. The van der Waals surface area contributed by atoms with E-state index < -0.39 is 0 Å². The Hall–Kier alpha value is 0.154. The van der Waals surface area contributed by atoms with Crippen molar-refractivity contribution in [3.63, 3.8) is 0 Å². The third kappa shape index (κ3) is 7.00. The second-order valence-corrected chi connectivity index (χ2v) is 8.28. The fourth-order valence-electron chi connectivity index (χ4n) is 4.35. The van der Waals surface area contributed by atoms with Gasteiger partial charge < -0.3 is 19.8 Å². The quantitative estimate of drug-likeness (QED) is 0.381. The van der Waals surface area contributed by atoms with E-state index in [0.717, 1.165) is 12.5 Å². The van der Waals surface area contributed by atoms with Gasteiger partial charge in [0.2, 0.25) is 0 Å². The molecule has 0 aromatic carbocycles. The van der Waals surface area contributed by atoms with Crippen LogP contribution in [0.2, 0.25) is 0 Å². The summed E-state index contributed by atoms with van der Waals surface area (Å²) in [6, 6.07) is 0. The van der Waals surface area contributed by atoms with Crippen molar-refractivity contribution in [1.29, 1.82) is 0 Å². The van der Waals surface area contributed by atoms with Crippen molar-refractivity contribution in [2.24, 2.45) is 23.7 Å². The summed E-state index contributed by atoms with van der Waals surface area (Å²) in [5, 5.41) is 0. The maximum atomic E-state index is 3.94. The predicted molar refractivity (Wildman–Crippen MR) is 110 cm³/mol. The molecule has 0 spiro atoms. The summed E-state index contributed by atoms with van der Waals surface area (Å²) in [5.74, 6) is 2.80. The summed E-state index contributed by atoms with van der Waals surface area (Å²) >= 11 is 0. The van der Waals surface area contributed by atoms with Gasteiger partial charge in [-0.2, -0.15) is 5.57 Å². The zero-order valence-electron chi connectivity index (χ0n) is 18.2. The molecule has 1 fully saturated rings. The average molecular weight is 380 g/mol. The molecule has 0 aromatic heterocycles. The van der Waals surface area contributed by atoms with Crippen LogP contribution in [0.5, 0.6) is 0 Å². The van der Waals surface area contributed by atoms with Gasteiger partial charge in [0.05, 0.1) is 0 Å². The standard InChI is InChI=1S/C21H36N.2CH3.Ti/c1-15(2)19-14-20(17-10-8-7-9-11-17)21(16(3)4)18(19)12-13-22(5)6;;;/h15-17,21H,7-13H2,1-6H3;2*1H3;/q3*-1;+3. The zero-order valence-corrected chi connectivity index (χ0v) is 19.8. The summed E-state index contributed by atoms with van der Waals surface area (Å²) in [7, 11) is 4.38. The first-order valence-corrected chi connectivity index (χ1v) is 9.43.